The fourth-order valence-electron chi connectivity index (χ4n) is 7.97. The van der Waals surface area contributed by atoms with Crippen molar-refractivity contribution in [1.82, 2.24) is 0 Å². The Morgan fingerprint density at radius 1 is 0.400 bits per heavy atom. The first kappa shape index (κ1) is 36.4. The molecule has 35 heavy (non-hydrogen) atoms. The van der Waals surface area contributed by atoms with Crippen molar-refractivity contribution in [3.05, 3.63) is 14.9 Å². The van der Waals surface area contributed by atoms with Crippen LogP contribution in [-0.4, -0.2) is 34.0 Å². The molecule has 4 aliphatic rings. The molecule has 6 atom stereocenters. The molecule has 2 heterocycles. The van der Waals surface area contributed by atoms with Gasteiger partial charge in [0.05, 0.1) is 0 Å². The average molecular weight is 567 g/mol. The van der Waals surface area contributed by atoms with Crippen molar-refractivity contribution < 1.29 is 17.1 Å². The van der Waals surface area contributed by atoms with Gasteiger partial charge < -0.3 is 14.9 Å². The molecule has 0 bridgehead atoms. The monoisotopic (exact) mass is 566 g/mol. The smallest absolute Gasteiger partial charge is 0.358 e. The minimum absolute atomic E-state index is 0. The van der Waals surface area contributed by atoms with Crippen LogP contribution in [0.15, 0.2) is 0 Å². The topological polar surface area (TPSA) is 0 Å². The number of hydrogen-bond acceptors (Lipinski definition) is 0. The van der Waals surface area contributed by atoms with Crippen LogP contribution in [0.2, 0.25) is 0 Å². The standard InChI is InChI=1S/C25H48P2.C5H10.2CH3.Fe/c1-16(2)20-12-13-21(17(3)4)26(20)24-10-9-11-25(24)27-22(18(5)6)14-15-23(27)19(7)8;1-2-4-5-3-1;;;/h16-25H,9-15H2,1-8H3;1-5H2;2*1H3;/q;;2*-1;+2/t20-,21-,22-,23-,24?,25?;;;;/m1..../s1. The predicted octanol–water partition coefficient (Wildman–Crippen LogP) is 11.4. The van der Waals surface area contributed by atoms with Gasteiger partial charge in [-0.2, -0.15) is 0 Å². The van der Waals surface area contributed by atoms with Crippen LogP contribution in [0, 0.1) is 38.5 Å². The molecule has 2 aliphatic carbocycles. The first-order valence-corrected chi connectivity index (χ1v) is 17.9. The molecule has 0 spiro atoms. The Bertz CT molecular complexity index is 460. The van der Waals surface area contributed by atoms with Gasteiger partial charge >= 0.3 is 17.1 Å². The van der Waals surface area contributed by atoms with Crippen LogP contribution in [0.5, 0.6) is 0 Å². The molecule has 0 radical (unpaired) electrons. The van der Waals surface area contributed by atoms with Crippen molar-refractivity contribution in [2.75, 3.05) is 0 Å². The Labute approximate surface area is 237 Å². The first-order valence-electron chi connectivity index (χ1n) is 14.8. The van der Waals surface area contributed by atoms with Gasteiger partial charge in [0, 0.05) is 0 Å². The third kappa shape index (κ3) is 8.95. The molecular weight excluding hydrogens is 502 g/mol. The Kier molecular flexibility index (Phi) is 17.8. The van der Waals surface area contributed by atoms with E-state index in [-0.39, 0.29) is 47.8 Å². The van der Waals surface area contributed by atoms with Gasteiger partial charge in [-0.05, 0) is 96.2 Å². The summed E-state index contributed by atoms with van der Waals surface area (Å²) in [6, 6.07) is 0. The van der Waals surface area contributed by atoms with Crippen LogP contribution >= 0.6 is 15.8 Å². The molecule has 210 valence electrons. The fraction of sp³-hybridized carbons (Fsp3) is 0.938. The van der Waals surface area contributed by atoms with E-state index in [9.17, 15) is 0 Å². The molecule has 4 fully saturated rings. The van der Waals surface area contributed by atoms with Crippen molar-refractivity contribution in [2.45, 2.75) is 166 Å². The molecule has 2 saturated heterocycles. The van der Waals surface area contributed by atoms with Crippen LogP contribution in [0.4, 0.5) is 0 Å². The molecule has 2 unspecified atom stereocenters. The van der Waals surface area contributed by atoms with Crippen molar-refractivity contribution in [3.8, 4) is 0 Å². The van der Waals surface area contributed by atoms with Gasteiger partial charge in [-0.25, -0.2) is 0 Å². The summed E-state index contributed by atoms with van der Waals surface area (Å²) < 4.78 is 0. The average Bonchev–Trinajstić information content (AvgIpc) is 3.54. The number of hydrogen-bond donors (Lipinski definition) is 0. The van der Waals surface area contributed by atoms with Crippen molar-refractivity contribution >= 4 is 15.8 Å². The Hall–Kier alpha value is 1.38. The maximum atomic E-state index is 2.54. The SMILES string of the molecule is C1CCCC1.CC(C)[C@H]1CC[C@H](C(C)C)P1C1CCCC1P1[C@@H](C(C)C)CC[C@@H]1C(C)C.[CH3-].[CH3-].[Fe+2]. The Morgan fingerprint density at radius 2 is 0.629 bits per heavy atom. The molecule has 0 aromatic carbocycles. The zero-order chi connectivity index (χ0) is 23.4. The summed E-state index contributed by atoms with van der Waals surface area (Å²) in [6.07, 6.45) is 18.4. The van der Waals surface area contributed by atoms with Gasteiger partial charge in [0.2, 0.25) is 0 Å². The van der Waals surface area contributed by atoms with E-state index < -0.39 is 0 Å². The Morgan fingerprint density at radius 3 is 0.829 bits per heavy atom. The second-order valence-corrected chi connectivity index (χ2v) is 18.9. The molecule has 0 aromatic heterocycles. The summed E-state index contributed by atoms with van der Waals surface area (Å²) >= 11 is 0. The minimum Gasteiger partial charge on any atom is -0.358 e. The summed E-state index contributed by atoms with van der Waals surface area (Å²) in [6.45, 7) is 20.3. The van der Waals surface area contributed by atoms with E-state index in [1.807, 2.05) is 0 Å². The van der Waals surface area contributed by atoms with E-state index in [0.29, 0.717) is 0 Å². The normalized spacial score (nSPS) is 33.6. The molecule has 0 nitrogen and oxygen atoms in total. The van der Waals surface area contributed by atoms with Crippen LogP contribution in [0.1, 0.15) is 132 Å². The summed E-state index contributed by atoms with van der Waals surface area (Å²) in [5.41, 5.74) is 6.57. The second-order valence-electron chi connectivity index (χ2n) is 13.1. The fourth-order valence-corrected chi connectivity index (χ4v) is 18.4. The van der Waals surface area contributed by atoms with Gasteiger partial charge in [0.15, 0.2) is 0 Å². The molecule has 4 rings (SSSR count). The van der Waals surface area contributed by atoms with E-state index in [2.05, 4.69) is 55.4 Å². The minimum atomic E-state index is 0. The van der Waals surface area contributed by atoms with Gasteiger partial charge in [0.1, 0.15) is 0 Å². The van der Waals surface area contributed by atoms with Crippen LogP contribution in [-0.2, 0) is 17.1 Å². The van der Waals surface area contributed by atoms with Crippen LogP contribution in [0.3, 0.4) is 0 Å². The molecule has 0 amide bonds. The zero-order valence-electron chi connectivity index (χ0n) is 25.5. The van der Waals surface area contributed by atoms with Crippen molar-refractivity contribution in [2.24, 2.45) is 23.7 Å². The number of rotatable bonds is 6. The quantitative estimate of drug-likeness (QED) is 0.170. The van der Waals surface area contributed by atoms with Gasteiger partial charge in [-0.3, -0.25) is 0 Å². The first-order chi connectivity index (χ1) is 15.2. The summed E-state index contributed by atoms with van der Waals surface area (Å²) in [5.74, 6) is 3.66. The molecule has 3 heteroatoms. The summed E-state index contributed by atoms with van der Waals surface area (Å²) in [4.78, 5) is 0. The van der Waals surface area contributed by atoms with Crippen LogP contribution < -0.4 is 0 Å². The van der Waals surface area contributed by atoms with Gasteiger partial charge in [0.25, 0.3) is 0 Å². The second kappa shape index (κ2) is 17.1. The summed E-state index contributed by atoms with van der Waals surface area (Å²) in [7, 11) is 0.464. The molecular formula is C32H64FeP2. The summed E-state index contributed by atoms with van der Waals surface area (Å²) in [5, 5.41) is 0. The van der Waals surface area contributed by atoms with E-state index in [4.69, 9.17) is 0 Å². The van der Waals surface area contributed by atoms with E-state index in [0.717, 1.165) is 57.6 Å². The maximum Gasteiger partial charge on any atom is 2.00 e. The largest absolute Gasteiger partial charge is 2.00 e. The van der Waals surface area contributed by atoms with E-state index >= 15 is 0 Å². The van der Waals surface area contributed by atoms with Gasteiger partial charge in [-0.15, -0.1) is 0 Å². The van der Waals surface area contributed by atoms with E-state index in [1.54, 1.807) is 44.9 Å². The third-order valence-electron chi connectivity index (χ3n) is 9.59. The third-order valence-corrected chi connectivity index (χ3v) is 19.1. The zero-order valence-corrected chi connectivity index (χ0v) is 28.4. The maximum absolute atomic E-state index is 2.54. The van der Waals surface area contributed by atoms with Crippen LogP contribution in [0.25, 0.3) is 0 Å². The molecule has 0 N–H and O–H groups in total. The molecule has 2 aliphatic heterocycles. The van der Waals surface area contributed by atoms with Crippen molar-refractivity contribution in [3.63, 3.8) is 0 Å². The van der Waals surface area contributed by atoms with Gasteiger partial charge in [-0.1, -0.05) is 110 Å². The molecule has 0 aromatic rings. The van der Waals surface area contributed by atoms with Crippen molar-refractivity contribution in [1.29, 1.82) is 0 Å². The Balaban J connectivity index is 0.00000129. The van der Waals surface area contributed by atoms with E-state index in [1.165, 1.54) is 32.1 Å². The predicted molar refractivity (Wildman–Crippen MR) is 164 cm³/mol. The molecule has 2 saturated carbocycles.